The number of benzene rings is 2. The van der Waals surface area contributed by atoms with Gasteiger partial charge in [-0.25, -0.2) is 0 Å². The molecule has 0 spiro atoms. The summed E-state index contributed by atoms with van der Waals surface area (Å²) in [5.41, 5.74) is 6.82. The number of para-hydroxylation sites is 1. The minimum atomic E-state index is -0.325. The summed E-state index contributed by atoms with van der Waals surface area (Å²) in [6.07, 6.45) is 4.83. The lowest BCUT2D eigenvalue weighted by atomic mass is 9.64. The minimum Gasteiger partial charge on any atom is -0.362 e. The Balaban J connectivity index is 1.56. The van der Waals surface area contributed by atoms with Crippen LogP contribution < -0.4 is 5.32 Å². The molecule has 5 heteroatoms. The van der Waals surface area contributed by atoms with Crippen molar-refractivity contribution in [3.05, 3.63) is 92.9 Å². The fourth-order valence-electron chi connectivity index (χ4n) is 6.62. The van der Waals surface area contributed by atoms with E-state index >= 15 is 0 Å². The molecule has 0 unspecified atom stereocenters. The van der Waals surface area contributed by atoms with Crippen LogP contribution in [0.15, 0.2) is 81.7 Å². The minimum absolute atomic E-state index is 0.102. The van der Waals surface area contributed by atoms with Crippen molar-refractivity contribution in [3.8, 4) is 0 Å². The van der Waals surface area contributed by atoms with Gasteiger partial charge >= 0.3 is 0 Å². The molecule has 3 aliphatic rings. The highest BCUT2D eigenvalue weighted by Crippen LogP contribution is 2.52. The van der Waals surface area contributed by atoms with Crippen molar-refractivity contribution < 1.29 is 9.59 Å². The van der Waals surface area contributed by atoms with Gasteiger partial charge in [0.25, 0.3) is 0 Å². The third-order valence-corrected chi connectivity index (χ3v) is 8.64. The Morgan fingerprint density at radius 2 is 1.41 bits per heavy atom. The quantitative estimate of drug-likeness (QED) is 0.365. The van der Waals surface area contributed by atoms with Gasteiger partial charge in [-0.3, -0.25) is 9.59 Å². The van der Waals surface area contributed by atoms with Gasteiger partial charge < -0.3 is 9.88 Å². The summed E-state index contributed by atoms with van der Waals surface area (Å²) in [7, 11) is 0. The first-order valence-electron chi connectivity index (χ1n) is 13.1. The number of rotatable bonds is 3. The van der Waals surface area contributed by atoms with Crippen molar-refractivity contribution in [2.75, 3.05) is 0 Å². The molecule has 2 aromatic carbocycles. The standard InChI is InChI=1S/C32H33BrN2O2/c1-31(2)13-23-29(26(36)15-31)28(30-24(34-23)14-32(3,4)16-27(30)37)22-18-35(25-8-6-5-7-21(22)25)17-19-9-11-20(33)12-10-19/h5-12,18,28,34H,13-17H2,1-4H3. The molecule has 1 aromatic heterocycles. The van der Waals surface area contributed by atoms with Gasteiger partial charge in [0.2, 0.25) is 0 Å². The summed E-state index contributed by atoms with van der Waals surface area (Å²) in [6, 6.07) is 16.8. The zero-order valence-corrected chi connectivity index (χ0v) is 23.5. The molecule has 2 heterocycles. The number of halogens is 1. The number of fused-ring (bicyclic) bond motifs is 1. The molecule has 3 aromatic rings. The number of aromatic nitrogens is 1. The zero-order valence-electron chi connectivity index (χ0n) is 22.0. The van der Waals surface area contributed by atoms with Gasteiger partial charge in [0, 0.05) is 69.4 Å². The summed E-state index contributed by atoms with van der Waals surface area (Å²) >= 11 is 3.53. The maximum atomic E-state index is 13.8. The largest absolute Gasteiger partial charge is 0.362 e. The molecular weight excluding hydrogens is 524 g/mol. The number of carbonyl (C=O) groups excluding carboxylic acids is 2. The fourth-order valence-corrected chi connectivity index (χ4v) is 6.89. The van der Waals surface area contributed by atoms with Gasteiger partial charge in [-0.15, -0.1) is 0 Å². The van der Waals surface area contributed by atoms with Gasteiger partial charge in [0.05, 0.1) is 0 Å². The molecule has 0 bridgehead atoms. The van der Waals surface area contributed by atoms with Crippen LogP contribution in [0.2, 0.25) is 0 Å². The smallest absolute Gasteiger partial charge is 0.162 e. The third-order valence-electron chi connectivity index (χ3n) is 8.12. The van der Waals surface area contributed by atoms with E-state index in [1.807, 2.05) is 0 Å². The van der Waals surface area contributed by atoms with Crippen LogP contribution in [0.3, 0.4) is 0 Å². The molecule has 0 saturated heterocycles. The van der Waals surface area contributed by atoms with Crippen LogP contribution in [0.1, 0.15) is 70.4 Å². The van der Waals surface area contributed by atoms with E-state index in [9.17, 15) is 9.59 Å². The lowest BCUT2D eigenvalue weighted by molar-refractivity contribution is -0.119. The van der Waals surface area contributed by atoms with Crippen LogP contribution in [0, 0.1) is 10.8 Å². The average molecular weight is 558 g/mol. The van der Waals surface area contributed by atoms with Crippen LogP contribution in [-0.4, -0.2) is 16.1 Å². The highest BCUT2D eigenvalue weighted by molar-refractivity contribution is 9.10. The molecule has 2 aliphatic carbocycles. The van der Waals surface area contributed by atoms with E-state index in [-0.39, 0.29) is 28.3 Å². The molecule has 0 fully saturated rings. The first-order valence-corrected chi connectivity index (χ1v) is 13.9. The van der Waals surface area contributed by atoms with E-state index in [1.165, 1.54) is 5.56 Å². The van der Waals surface area contributed by atoms with Crippen molar-refractivity contribution in [2.24, 2.45) is 10.8 Å². The second-order valence-electron chi connectivity index (χ2n) is 12.6. The van der Waals surface area contributed by atoms with Crippen LogP contribution >= 0.6 is 15.9 Å². The molecule has 37 heavy (non-hydrogen) atoms. The number of allylic oxidation sites excluding steroid dienone is 4. The predicted molar refractivity (Wildman–Crippen MR) is 151 cm³/mol. The predicted octanol–water partition coefficient (Wildman–Crippen LogP) is 7.43. The van der Waals surface area contributed by atoms with Gasteiger partial charge in [0.15, 0.2) is 11.6 Å². The highest BCUT2D eigenvalue weighted by atomic mass is 79.9. The number of Topliss-reactive ketones (excluding diaryl/α,β-unsaturated/α-hetero) is 2. The molecule has 1 N–H and O–H groups in total. The normalized spacial score (nSPS) is 21.2. The van der Waals surface area contributed by atoms with Crippen LogP contribution in [0.25, 0.3) is 10.9 Å². The van der Waals surface area contributed by atoms with Gasteiger partial charge in [0.1, 0.15) is 0 Å². The summed E-state index contributed by atoms with van der Waals surface area (Å²) in [6.45, 7) is 9.37. The van der Waals surface area contributed by atoms with Crippen molar-refractivity contribution >= 4 is 38.4 Å². The Morgan fingerprint density at radius 1 is 0.838 bits per heavy atom. The van der Waals surface area contributed by atoms with E-state index in [4.69, 9.17) is 0 Å². The van der Waals surface area contributed by atoms with Crippen molar-refractivity contribution in [1.82, 2.24) is 9.88 Å². The lowest BCUT2D eigenvalue weighted by Crippen LogP contribution is -2.42. The van der Waals surface area contributed by atoms with Crippen LogP contribution in [0.4, 0.5) is 0 Å². The van der Waals surface area contributed by atoms with E-state index < -0.39 is 0 Å². The second kappa shape index (κ2) is 8.56. The summed E-state index contributed by atoms with van der Waals surface area (Å²) < 4.78 is 3.32. The monoisotopic (exact) mass is 556 g/mol. The zero-order chi connectivity index (χ0) is 26.1. The van der Waals surface area contributed by atoms with Crippen molar-refractivity contribution in [3.63, 3.8) is 0 Å². The lowest BCUT2D eigenvalue weighted by Gasteiger charge is -2.43. The summed E-state index contributed by atoms with van der Waals surface area (Å²) in [5, 5.41) is 4.75. The Bertz CT molecular complexity index is 1470. The number of carbonyl (C=O) groups is 2. The number of dihydropyridines is 1. The van der Waals surface area contributed by atoms with E-state index in [2.05, 4.69) is 108 Å². The Kier molecular flexibility index (Phi) is 5.65. The highest BCUT2D eigenvalue weighted by Gasteiger charge is 2.47. The maximum absolute atomic E-state index is 13.8. The van der Waals surface area contributed by atoms with E-state index in [0.29, 0.717) is 12.8 Å². The molecule has 0 saturated carbocycles. The Hall–Kier alpha value is -2.92. The molecule has 190 valence electrons. The molecule has 0 radical (unpaired) electrons. The average Bonchev–Trinajstić information content (AvgIpc) is 3.15. The van der Waals surface area contributed by atoms with Gasteiger partial charge in [-0.1, -0.05) is 74.0 Å². The van der Waals surface area contributed by atoms with Crippen molar-refractivity contribution in [1.29, 1.82) is 0 Å². The molecule has 1 aliphatic heterocycles. The molecule has 0 amide bonds. The van der Waals surface area contributed by atoms with Crippen LogP contribution in [0.5, 0.6) is 0 Å². The number of hydrogen-bond acceptors (Lipinski definition) is 3. The van der Waals surface area contributed by atoms with Gasteiger partial charge in [-0.2, -0.15) is 0 Å². The molecule has 0 atom stereocenters. The number of nitrogens with one attached hydrogen (secondary N) is 1. The van der Waals surface area contributed by atoms with Gasteiger partial charge in [-0.05, 0) is 53.0 Å². The third kappa shape index (κ3) is 4.31. The first kappa shape index (κ1) is 24.4. The summed E-state index contributed by atoms with van der Waals surface area (Å²) in [4.78, 5) is 27.5. The Labute approximate surface area is 227 Å². The molecule has 4 nitrogen and oxygen atoms in total. The first-order chi connectivity index (χ1) is 17.5. The van der Waals surface area contributed by atoms with Crippen LogP contribution in [-0.2, 0) is 16.1 Å². The molecular formula is C32H33BrN2O2. The fraction of sp³-hybridized carbons (Fsp3) is 0.375. The van der Waals surface area contributed by atoms with E-state index in [0.717, 1.165) is 62.9 Å². The number of hydrogen-bond donors (Lipinski definition) is 1. The number of ketones is 2. The molecule has 6 rings (SSSR count). The maximum Gasteiger partial charge on any atom is 0.162 e. The Morgan fingerprint density at radius 3 is 2.00 bits per heavy atom. The van der Waals surface area contributed by atoms with Crippen molar-refractivity contribution in [2.45, 2.75) is 65.8 Å². The summed E-state index contributed by atoms with van der Waals surface area (Å²) in [5.74, 6) is 0.00451. The van der Waals surface area contributed by atoms with E-state index in [1.54, 1.807) is 0 Å². The second-order valence-corrected chi connectivity index (χ2v) is 13.5. The topological polar surface area (TPSA) is 51.1 Å². The SMILES string of the molecule is CC1(C)CC(=O)C2=C(C1)NC1=C(C(=O)CC(C)(C)C1)C2c1cn(Cc2ccc(Br)cc2)c2ccccc12. The number of nitrogens with zero attached hydrogens (tertiary/aromatic N) is 1.